The van der Waals surface area contributed by atoms with E-state index in [1.807, 2.05) is 22.9 Å². The number of Topliss-reactive ketones (excluding diaryl/α,β-unsaturated/α-hetero) is 1. The van der Waals surface area contributed by atoms with Crippen molar-refractivity contribution < 1.29 is 14.3 Å². The number of phenolic OH excluding ortho intramolecular Hbond substituents is 1. The molecule has 1 aliphatic rings. The highest BCUT2D eigenvalue weighted by atomic mass is 32.1. The van der Waals surface area contributed by atoms with Gasteiger partial charge in [0, 0.05) is 23.9 Å². The molecule has 0 fully saturated rings. The summed E-state index contributed by atoms with van der Waals surface area (Å²) in [6, 6.07) is 7.41. The van der Waals surface area contributed by atoms with Crippen molar-refractivity contribution in [2.75, 3.05) is 11.9 Å². The predicted octanol–water partition coefficient (Wildman–Crippen LogP) is 4.05. The zero-order valence-corrected chi connectivity index (χ0v) is 13.3. The average Bonchev–Trinajstić information content (AvgIpc) is 3.25. The molecule has 3 heterocycles. The van der Waals surface area contributed by atoms with Crippen molar-refractivity contribution in [2.45, 2.75) is 5.92 Å². The highest BCUT2D eigenvalue weighted by molar-refractivity contribution is 7.08. The zero-order valence-electron chi connectivity index (χ0n) is 12.5. The monoisotopic (exact) mass is 340 g/mol. The molecule has 2 N–H and O–H groups in total. The molecule has 0 bridgehead atoms. The number of thiophene rings is 1. The molecule has 0 saturated heterocycles. The number of rotatable bonds is 3. The number of phenols is 1. The Kier molecular flexibility index (Phi) is 3.54. The van der Waals surface area contributed by atoms with Gasteiger partial charge in [-0.05, 0) is 46.7 Å². The average molecular weight is 340 g/mol. The second-order valence-electron chi connectivity index (χ2n) is 5.64. The molecule has 120 valence electrons. The fourth-order valence-corrected chi connectivity index (χ4v) is 3.58. The van der Waals surface area contributed by atoms with Gasteiger partial charge in [-0.1, -0.05) is 0 Å². The smallest absolute Gasteiger partial charge is 0.175 e. The van der Waals surface area contributed by atoms with Gasteiger partial charge in [-0.3, -0.25) is 4.79 Å². The van der Waals surface area contributed by atoms with Crippen LogP contribution in [0.15, 0.2) is 47.3 Å². The lowest BCUT2D eigenvalue weighted by Gasteiger charge is -2.11. The molecule has 1 unspecified atom stereocenters. The Morgan fingerprint density at radius 2 is 2.17 bits per heavy atom. The molecule has 1 atom stereocenters. The molecule has 0 aliphatic carbocycles. The van der Waals surface area contributed by atoms with Crippen molar-refractivity contribution in [3.05, 3.63) is 64.2 Å². The molecule has 24 heavy (non-hydrogen) atoms. The number of nitrogens with zero attached hydrogens (tertiary/aromatic N) is 1. The van der Waals surface area contributed by atoms with Gasteiger partial charge in [0.25, 0.3) is 0 Å². The minimum atomic E-state index is -0.631. The van der Waals surface area contributed by atoms with Crippen molar-refractivity contribution in [3.8, 4) is 16.9 Å². The summed E-state index contributed by atoms with van der Waals surface area (Å²) in [7, 11) is 0. The summed E-state index contributed by atoms with van der Waals surface area (Å²) in [6.07, 6.45) is 1.76. The lowest BCUT2D eigenvalue weighted by molar-refractivity contribution is 0.0962. The van der Waals surface area contributed by atoms with Crippen LogP contribution in [0.2, 0.25) is 0 Å². The molecule has 3 aromatic rings. The number of fused-ring (bicyclic) bond motifs is 1. The number of carbonyl (C=O) groups excluding carboxylic acids is 1. The van der Waals surface area contributed by atoms with E-state index in [2.05, 4.69) is 10.3 Å². The van der Waals surface area contributed by atoms with Gasteiger partial charge in [-0.25, -0.2) is 9.37 Å². The van der Waals surface area contributed by atoms with Crippen LogP contribution >= 0.6 is 11.3 Å². The third-order valence-corrected chi connectivity index (χ3v) is 4.84. The van der Waals surface area contributed by atoms with Crippen LogP contribution in [0.4, 0.5) is 10.2 Å². The lowest BCUT2D eigenvalue weighted by atomic mass is 9.91. The Hall–Kier alpha value is -2.73. The van der Waals surface area contributed by atoms with E-state index in [1.54, 1.807) is 17.5 Å². The maximum atomic E-state index is 14.0. The van der Waals surface area contributed by atoms with Crippen molar-refractivity contribution in [1.29, 1.82) is 0 Å². The van der Waals surface area contributed by atoms with Gasteiger partial charge in [-0.15, -0.1) is 0 Å². The second-order valence-corrected chi connectivity index (χ2v) is 6.42. The number of anilines is 1. The first-order valence-electron chi connectivity index (χ1n) is 7.42. The molecular formula is C18H13FN2O2S. The molecule has 2 aromatic heterocycles. The van der Waals surface area contributed by atoms with E-state index in [4.69, 9.17) is 0 Å². The molecule has 0 radical (unpaired) electrons. The van der Waals surface area contributed by atoms with E-state index in [-0.39, 0.29) is 17.1 Å². The number of nitrogens with one attached hydrogen (secondary N) is 1. The summed E-state index contributed by atoms with van der Waals surface area (Å²) in [6.45, 7) is 0.364. The number of benzene rings is 1. The molecule has 4 nitrogen and oxygen atoms in total. The highest BCUT2D eigenvalue weighted by Crippen LogP contribution is 2.36. The minimum Gasteiger partial charge on any atom is -0.508 e. The molecule has 1 aromatic carbocycles. The van der Waals surface area contributed by atoms with Crippen LogP contribution in [0.1, 0.15) is 21.8 Å². The van der Waals surface area contributed by atoms with Crippen molar-refractivity contribution in [3.63, 3.8) is 0 Å². The highest BCUT2D eigenvalue weighted by Gasteiger charge is 2.32. The first-order chi connectivity index (χ1) is 11.6. The number of aromatic hydroxyl groups is 1. The fraction of sp³-hybridized carbons (Fsp3) is 0.111. The molecule has 0 saturated carbocycles. The van der Waals surface area contributed by atoms with Crippen molar-refractivity contribution >= 4 is 22.9 Å². The lowest BCUT2D eigenvalue weighted by Crippen LogP contribution is -2.16. The zero-order chi connectivity index (χ0) is 16.7. The summed E-state index contributed by atoms with van der Waals surface area (Å²) >= 11 is 1.59. The number of halogens is 1. The second kappa shape index (κ2) is 5.72. The largest absolute Gasteiger partial charge is 0.508 e. The predicted molar refractivity (Wildman–Crippen MR) is 91.2 cm³/mol. The Bertz CT molecular complexity index is 925. The van der Waals surface area contributed by atoms with Gasteiger partial charge in [0.2, 0.25) is 0 Å². The quantitative estimate of drug-likeness (QED) is 0.706. The van der Waals surface area contributed by atoms with Crippen LogP contribution in [0.25, 0.3) is 11.1 Å². The van der Waals surface area contributed by atoms with Gasteiger partial charge in [0.15, 0.2) is 5.78 Å². The number of aromatic nitrogens is 1. The third-order valence-electron chi connectivity index (χ3n) is 4.15. The van der Waals surface area contributed by atoms with Crippen LogP contribution in [0.3, 0.4) is 0 Å². The summed E-state index contributed by atoms with van der Waals surface area (Å²) in [5.74, 6) is -1.00. The third kappa shape index (κ3) is 2.45. The van der Waals surface area contributed by atoms with Gasteiger partial charge in [0.05, 0.1) is 11.5 Å². The number of hydrogen-bond donors (Lipinski definition) is 2. The van der Waals surface area contributed by atoms with Crippen LogP contribution in [0, 0.1) is 5.82 Å². The number of carbonyl (C=O) groups is 1. The maximum absolute atomic E-state index is 14.0. The fourth-order valence-electron chi connectivity index (χ4n) is 2.91. The maximum Gasteiger partial charge on any atom is 0.175 e. The van der Waals surface area contributed by atoms with Crippen LogP contribution in [-0.2, 0) is 0 Å². The summed E-state index contributed by atoms with van der Waals surface area (Å²) < 4.78 is 14.0. The van der Waals surface area contributed by atoms with E-state index in [9.17, 15) is 14.3 Å². The summed E-state index contributed by atoms with van der Waals surface area (Å²) in [4.78, 5) is 17.1. The van der Waals surface area contributed by atoms with Crippen LogP contribution in [0.5, 0.6) is 5.75 Å². The van der Waals surface area contributed by atoms with E-state index >= 15 is 0 Å². The SMILES string of the molecule is O=C(c1cc(O)ccc1F)C1CNc2ncc(-c3ccsc3)cc21. The van der Waals surface area contributed by atoms with Crippen LogP contribution < -0.4 is 5.32 Å². The van der Waals surface area contributed by atoms with Crippen molar-refractivity contribution in [2.24, 2.45) is 0 Å². The molecule has 0 spiro atoms. The van der Waals surface area contributed by atoms with E-state index in [0.717, 1.165) is 22.8 Å². The first-order valence-corrected chi connectivity index (χ1v) is 8.37. The van der Waals surface area contributed by atoms with Gasteiger partial charge in [-0.2, -0.15) is 11.3 Å². The number of pyridine rings is 1. The molecule has 1 aliphatic heterocycles. The van der Waals surface area contributed by atoms with E-state index in [1.165, 1.54) is 12.1 Å². The molecule has 6 heteroatoms. The normalized spacial score (nSPS) is 15.8. The van der Waals surface area contributed by atoms with Crippen molar-refractivity contribution in [1.82, 2.24) is 4.98 Å². The molecule has 0 amide bonds. The molecule has 4 rings (SSSR count). The molecular weight excluding hydrogens is 327 g/mol. The van der Waals surface area contributed by atoms with Gasteiger partial charge in [0.1, 0.15) is 17.4 Å². The van der Waals surface area contributed by atoms with Gasteiger partial charge < -0.3 is 10.4 Å². The number of ketones is 1. The van der Waals surface area contributed by atoms with Crippen LogP contribution in [-0.4, -0.2) is 22.4 Å². The number of hydrogen-bond acceptors (Lipinski definition) is 5. The topological polar surface area (TPSA) is 62.2 Å². The van der Waals surface area contributed by atoms with E-state index < -0.39 is 11.7 Å². The first kappa shape index (κ1) is 14.8. The standard InChI is InChI=1S/C18H13FN2O2S/c19-16-2-1-12(22)6-14(16)17(23)15-8-21-18-13(15)5-11(7-20-18)10-3-4-24-9-10/h1-7,9,15,22H,8H2,(H,20,21). The summed E-state index contributed by atoms with van der Waals surface area (Å²) in [5, 5.41) is 16.6. The van der Waals surface area contributed by atoms with Gasteiger partial charge >= 0.3 is 0 Å². The summed E-state index contributed by atoms with van der Waals surface area (Å²) in [5.41, 5.74) is 2.62. The Balaban J connectivity index is 1.74. The van der Waals surface area contributed by atoms with E-state index in [0.29, 0.717) is 12.4 Å². The Morgan fingerprint density at radius 1 is 1.29 bits per heavy atom. The minimum absolute atomic E-state index is 0.101. The Morgan fingerprint density at radius 3 is 2.96 bits per heavy atom. The Labute approximate surface area is 141 Å².